The van der Waals surface area contributed by atoms with E-state index in [2.05, 4.69) is 28.5 Å². The lowest BCUT2D eigenvalue weighted by Crippen LogP contribution is -1.86. The lowest BCUT2D eigenvalue weighted by molar-refractivity contribution is 0.630. The maximum Gasteiger partial charge on any atom is 0.124 e. The van der Waals surface area contributed by atoms with Crippen LogP contribution in [0.1, 0.15) is 0 Å². The number of benzene rings is 3. The van der Waals surface area contributed by atoms with Gasteiger partial charge in [-0.1, -0.05) is 0 Å². The second-order valence-corrected chi connectivity index (χ2v) is 8.22. The number of nitrogens with zero attached hydrogens (tertiary/aromatic N) is 2. The molecule has 27 heavy (non-hydrogen) atoms. The summed E-state index contributed by atoms with van der Waals surface area (Å²) in [4.78, 5) is 9.40. The Balaban J connectivity index is 1.56. The Morgan fingerprint density at radius 1 is 0.741 bits per heavy atom. The summed E-state index contributed by atoms with van der Waals surface area (Å²) in [6.07, 6.45) is 0. The van der Waals surface area contributed by atoms with Crippen molar-refractivity contribution in [2.45, 2.75) is 0 Å². The van der Waals surface area contributed by atoms with E-state index in [1.807, 2.05) is 31.3 Å². The van der Waals surface area contributed by atoms with Gasteiger partial charge in [-0.25, -0.2) is 14.4 Å². The van der Waals surface area contributed by atoms with E-state index in [1.165, 1.54) is 23.5 Å². The zero-order valence-electron chi connectivity index (χ0n) is 14.4. The van der Waals surface area contributed by atoms with E-state index >= 15 is 0 Å². The van der Waals surface area contributed by atoms with Crippen molar-refractivity contribution < 1.29 is 4.39 Å². The van der Waals surface area contributed by atoms with E-state index in [0.29, 0.717) is 0 Å². The van der Waals surface area contributed by atoms with Crippen molar-refractivity contribution in [2.24, 2.45) is 0 Å². The van der Waals surface area contributed by atoms with Gasteiger partial charge in [-0.05, 0) is 60.7 Å². The lowest BCUT2D eigenvalue weighted by atomic mass is 10.2. The highest BCUT2D eigenvalue weighted by Crippen LogP contribution is 2.36. The highest BCUT2D eigenvalue weighted by molar-refractivity contribution is 7.22. The molecule has 3 nitrogen and oxygen atoms in total. The molecule has 3 aromatic carbocycles. The molecule has 5 rings (SSSR count). The first-order chi connectivity index (χ1) is 13.2. The van der Waals surface area contributed by atoms with Crippen molar-refractivity contribution in [3.05, 3.63) is 66.5 Å². The van der Waals surface area contributed by atoms with Crippen molar-refractivity contribution in [1.29, 1.82) is 0 Å². The van der Waals surface area contributed by atoms with Crippen LogP contribution in [-0.2, 0) is 0 Å². The Labute approximate surface area is 163 Å². The molecule has 1 N–H and O–H groups in total. The lowest BCUT2D eigenvalue weighted by Gasteiger charge is -2.00. The Kier molecular flexibility index (Phi) is 3.88. The molecule has 0 unspecified atom stereocenters. The van der Waals surface area contributed by atoms with Crippen LogP contribution in [0.25, 0.3) is 41.6 Å². The van der Waals surface area contributed by atoms with E-state index in [4.69, 9.17) is 4.98 Å². The number of thiazole rings is 2. The van der Waals surface area contributed by atoms with Crippen molar-refractivity contribution in [3.63, 3.8) is 0 Å². The number of nitrogens with one attached hydrogen (secondary N) is 1. The van der Waals surface area contributed by atoms with Gasteiger partial charge in [0.15, 0.2) is 0 Å². The molecular formula is C21H14FN3S2. The minimum Gasteiger partial charge on any atom is -0.388 e. The van der Waals surface area contributed by atoms with Crippen LogP contribution >= 0.6 is 22.7 Å². The van der Waals surface area contributed by atoms with E-state index in [0.717, 1.165) is 47.3 Å². The van der Waals surface area contributed by atoms with Crippen LogP contribution in [0, 0.1) is 5.82 Å². The number of rotatable bonds is 3. The molecule has 0 saturated carbocycles. The van der Waals surface area contributed by atoms with Gasteiger partial charge in [0.2, 0.25) is 0 Å². The molecule has 0 bridgehead atoms. The number of aromatic nitrogens is 2. The average Bonchev–Trinajstić information content (AvgIpc) is 3.31. The average molecular weight is 391 g/mol. The third-order valence-electron chi connectivity index (χ3n) is 4.41. The third kappa shape index (κ3) is 2.97. The van der Waals surface area contributed by atoms with Gasteiger partial charge < -0.3 is 5.32 Å². The van der Waals surface area contributed by atoms with E-state index in [-0.39, 0.29) is 5.82 Å². The van der Waals surface area contributed by atoms with Crippen molar-refractivity contribution in [1.82, 2.24) is 9.97 Å². The van der Waals surface area contributed by atoms with Crippen LogP contribution in [0.5, 0.6) is 0 Å². The number of anilines is 1. The summed E-state index contributed by atoms with van der Waals surface area (Å²) in [6.45, 7) is 0. The Morgan fingerprint density at radius 3 is 2.04 bits per heavy atom. The van der Waals surface area contributed by atoms with Crippen molar-refractivity contribution in [3.8, 4) is 21.1 Å². The monoisotopic (exact) mass is 391 g/mol. The van der Waals surface area contributed by atoms with Crippen LogP contribution in [0.3, 0.4) is 0 Å². The Bertz CT molecular complexity index is 1270. The van der Waals surface area contributed by atoms with Gasteiger partial charge in [0.25, 0.3) is 0 Å². The van der Waals surface area contributed by atoms with Crippen LogP contribution < -0.4 is 5.32 Å². The molecule has 0 spiro atoms. The topological polar surface area (TPSA) is 37.8 Å². The minimum atomic E-state index is -0.232. The molecule has 0 fully saturated rings. The third-order valence-corrected chi connectivity index (χ3v) is 6.54. The van der Waals surface area contributed by atoms with Gasteiger partial charge >= 0.3 is 0 Å². The molecule has 0 aliphatic heterocycles. The molecule has 0 radical (unpaired) electrons. The van der Waals surface area contributed by atoms with Crippen LogP contribution in [-0.4, -0.2) is 17.0 Å². The van der Waals surface area contributed by atoms with Gasteiger partial charge in [-0.3, -0.25) is 0 Å². The maximum atomic E-state index is 13.4. The van der Waals surface area contributed by atoms with Gasteiger partial charge in [0.1, 0.15) is 15.8 Å². The number of hydrogen-bond donors (Lipinski definition) is 1. The summed E-state index contributed by atoms with van der Waals surface area (Å²) in [5, 5.41) is 5.02. The number of fused-ring (bicyclic) bond motifs is 2. The summed E-state index contributed by atoms with van der Waals surface area (Å²) < 4.78 is 15.4. The SMILES string of the molecule is CNc1ccc(-c2nc3ccc(-c4nc5ccc(F)cc5s4)cc3s2)cc1. The van der Waals surface area contributed by atoms with Crippen LogP contribution in [0.2, 0.25) is 0 Å². The predicted molar refractivity (Wildman–Crippen MR) is 113 cm³/mol. The van der Waals surface area contributed by atoms with E-state index in [9.17, 15) is 4.39 Å². The molecule has 2 heterocycles. The molecule has 132 valence electrons. The van der Waals surface area contributed by atoms with Crippen LogP contribution in [0.4, 0.5) is 10.1 Å². The molecule has 0 saturated heterocycles. The highest BCUT2D eigenvalue weighted by Gasteiger charge is 2.11. The second-order valence-electron chi connectivity index (χ2n) is 6.16. The Morgan fingerprint density at radius 2 is 1.33 bits per heavy atom. The zero-order valence-corrected chi connectivity index (χ0v) is 16.0. The summed E-state index contributed by atoms with van der Waals surface area (Å²) >= 11 is 3.17. The highest BCUT2D eigenvalue weighted by atomic mass is 32.1. The first-order valence-corrected chi connectivity index (χ1v) is 10.1. The molecule has 0 amide bonds. The second kappa shape index (κ2) is 6.40. The zero-order chi connectivity index (χ0) is 18.4. The number of hydrogen-bond acceptors (Lipinski definition) is 5. The van der Waals surface area contributed by atoms with E-state index < -0.39 is 0 Å². The molecule has 0 aliphatic carbocycles. The summed E-state index contributed by atoms with van der Waals surface area (Å²) in [6, 6.07) is 19.1. The molecule has 0 atom stereocenters. The standard InChI is InChI=1S/C21H14FN3S2/c1-23-15-6-2-12(3-7-15)20-24-16-8-4-13(10-18(16)26-20)21-25-17-9-5-14(22)11-19(17)27-21/h2-11,23H,1H3. The summed E-state index contributed by atoms with van der Waals surface area (Å²) in [5.74, 6) is -0.232. The summed E-state index contributed by atoms with van der Waals surface area (Å²) in [5.41, 5.74) is 5.01. The fourth-order valence-electron chi connectivity index (χ4n) is 2.98. The molecule has 5 aromatic rings. The predicted octanol–water partition coefficient (Wildman–Crippen LogP) is 6.42. The van der Waals surface area contributed by atoms with Gasteiger partial charge in [-0.2, -0.15) is 0 Å². The molecule has 0 aliphatic rings. The molecular weight excluding hydrogens is 377 g/mol. The fourth-order valence-corrected chi connectivity index (χ4v) is 4.98. The van der Waals surface area contributed by atoms with Gasteiger partial charge in [0, 0.05) is 23.9 Å². The van der Waals surface area contributed by atoms with Crippen molar-refractivity contribution >= 4 is 48.8 Å². The molecule has 6 heteroatoms. The van der Waals surface area contributed by atoms with Gasteiger partial charge in [0.05, 0.1) is 20.4 Å². The first kappa shape index (κ1) is 16.4. The van der Waals surface area contributed by atoms with Crippen LogP contribution in [0.15, 0.2) is 60.7 Å². The van der Waals surface area contributed by atoms with Crippen molar-refractivity contribution in [2.75, 3.05) is 12.4 Å². The van der Waals surface area contributed by atoms with E-state index in [1.54, 1.807) is 17.4 Å². The largest absolute Gasteiger partial charge is 0.388 e. The first-order valence-electron chi connectivity index (χ1n) is 8.45. The number of halogens is 1. The molecule has 2 aromatic heterocycles. The quantitative estimate of drug-likeness (QED) is 0.385. The normalized spacial score (nSPS) is 11.3. The Hall–Kier alpha value is -2.83. The van der Waals surface area contributed by atoms with Gasteiger partial charge in [-0.15, -0.1) is 22.7 Å². The fraction of sp³-hybridized carbons (Fsp3) is 0.0476. The smallest absolute Gasteiger partial charge is 0.124 e. The minimum absolute atomic E-state index is 0.232. The maximum absolute atomic E-state index is 13.4. The summed E-state index contributed by atoms with van der Waals surface area (Å²) in [7, 11) is 1.91.